The quantitative estimate of drug-likeness (QED) is 0.693. The lowest BCUT2D eigenvalue weighted by Gasteiger charge is -2.50. The normalized spacial score (nSPS) is 32.2. The van der Waals surface area contributed by atoms with E-state index in [-0.39, 0.29) is 5.41 Å². The molecule has 1 aliphatic heterocycles. The molecule has 19 heavy (non-hydrogen) atoms. The molecule has 0 aromatic rings. The van der Waals surface area contributed by atoms with Gasteiger partial charge in [-0.1, -0.05) is 32.1 Å². The molecular formula is C15H22F3N. The highest BCUT2D eigenvalue weighted by molar-refractivity contribution is 5.32. The van der Waals surface area contributed by atoms with Crippen LogP contribution in [0.15, 0.2) is 23.8 Å². The third-order valence-corrected chi connectivity index (χ3v) is 5.11. The number of hydrogen-bond acceptors (Lipinski definition) is 1. The van der Waals surface area contributed by atoms with Gasteiger partial charge in [0.15, 0.2) is 0 Å². The molecule has 2 aliphatic rings. The maximum atomic E-state index is 12.9. The van der Waals surface area contributed by atoms with Gasteiger partial charge in [0.2, 0.25) is 0 Å². The minimum absolute atomic E-state index is 0.0548. The number of likely N-dealkylation sites (tertiary alicyclic amines) is 1. The van der Waals surface area contributed by atoms with Gasteiger partial charge in [0, 0.05) is 0 Å². The molecule has 1 fully saturated rings. The van der Waals surface area contributed by atoms with Gasteiger partial charge in [0.1, 0.15) is 0 Å². The maximum Gasteiger partial charge on any atom is 0.416 e. The van der Waals surface area contributed by atoms with Crippen molar-refractivity contribution in [1.82, 2.24) is 4.90 Å². The van der Waals surface area contributed by atoms with E-state index in [4.69, 9.17) is 0 Å². The molecule has 0 bridgehead atoms. The molecular weight excluding hydrogens is 251 g/mol. The largest absolute Gasteiger partial charge is 0.416 e. The van der Waals surface area contributed by atoms with Crippen LogP contribution in [0.1, 0.15) is 33.1 Å². The predicted octanol–water partition coefficient (Wildman–Crippen LogP) is 4.17. The monoisotopic (exact) mass is 273 g/mol. The summed E-state index contributed by atoms with van der Waals surface area (Å²) < 4.78 is 38.7. The molecule has 1 heterocycles. The Morgan fingerprint density at radius 2 is 1.74 bits per heavy atom. The molecule has 1 unspecified atom stereocenters. The first-order valence-electron chi connectivity index (χ1n) is 6.81. The highest BCUT2D eigenvalue weighted by atomic mass is 19.4. The van der Waals surface area contributed by atoms with E-state index < -0.39 is 17.2 Å². The van der Waals surface area contributed by atoms with Gasteiger partial charge >= 0.3 is 6.18 Å². The minimum Gasteiger partial charge on any atom is -0.306 e. The Morgan fingerprint density at radius 1 is 1.16 bits per heavy atom. The summed E-state index contributed by atoms with van der Waals surface area (Å²) in [5, 5.41) is 0. The number of alkyl halides is 3. The van der Waals surface area contributed by atoms with Crippen molar-refractivity contribution in [2.45, 2.75) is 39.3 Å². The molecule has 0 aromatic heterocycles. The summed E-state index contributed by atoms with van der Waals surface area (Å²) in [6.07, 6.45) is 2.75. The van der Waals surface area contributed by atoms with Gasteiger partial charge in [0.25, 0.3) is 0 Å². The van der Waals surface area contributed by atoms with E-state index in [9.17, 15) is 13.2 Å². The molecule has 1 nitrogen and oxygen atoms in total. The second-order valence-corrected chi connectivity index (χ2v) is 6.49. The van der Waals surface area contributed by atoms with E-state index in [1.165, 1.54) is 12.2 Å². The smallest absolute Gasteiger partial charge is 0.306 e. The van der Waals surface area contributed by atoms with Crippen molar-refractivity contribution in [1.29, 1.82) is 0 Å². The molecule has 2 rings (SSSR count). The van der Waals surface area contributed by atoms with E-state index in [1.807, 2.05) is 6.92 Å². The van der Waals surface area contributed by atoms with Crippen molar-refractivity contribution in [2.75, 3.05) is 20.1 Å². The third kappa shape index (κ3) is 2.73. The first-order chi connectivity index (χ1) is 8.66. The standard InChI is InChI=1S/C15H22F3N/c1-13(7-9-19(3)10-8-13)14(2)6-4-5-12(11-14)15(16,17)18/h4-5,11H,6-10H2,1-3H3. The lowest BCUT2D eigenvalue weighted by Crippen LogP contribution is -2.46. The summed E-state index contributed by atoms with van der Waals surface area (Å²) >= 11 is 0. The van der Waals surface area contributed by atoms with Gasteiger partial charge in [0.05, 0.1) is 5.57 Å². The zero-order valence-corrected chi connectivity index (χ0v) is 11.8. The van der Waals surface area contributed by atoms with Crippen molar-refractivity contribution in [2.24, 2.45) is 10.8 Å². The van der Waals surface area contributed by atoms with Crippen LogP contribution in [0.3, 0.4) is 0 Å². The lowest BCUT2D eigenvalue weighted by atomic mass is 9.58. The zero-order valence-electron chi connectivity index (χ0n) is 11.8. The van der Waals surface area contributed by atoms with E-state index in [0.29, 0.717) is 6.42 Å². The topological polar surface area (TPSA) is 3.24 Å². The minimum atomic E-state index is -4.24. The summed E-state index contributed by atoms with van der Waals surface area (Å²) in [5.41, 5.74) is -0.935. The van der Waals surface area contributed by atoms with Crippen LogP contribution in [0.25, 0.3) is 0 Å². The highest BCUT2D eigenvalue weighted by Gasteiger charge is 2.46. The third-order valence-electron chi connectivity index (χ3n) is 5.11. The first-order valence-corrected chi connectivity index (χ1v) is 6.81. The Labute approximate surface area is 113 Å². The van der Waals surface area contributed by atoms with E-state index in [0.717, 1.165) is 25.9 Å². The van der Waals surface area contributed by atoms with Crippen molar-refractivity contribution in [3.63, 3.8) is 0 Å². The summed E-state index contributed by atoms with van der Waals surface area (Å²) in [6.45, 7) is 6.05. The van der Waals surface area contributed by atoms with Crippen molar-refractivity contribution < 1.29 is 13.2 Å². The van der Waals surface area contributed by atoms with Crippen LogP contribution >= 0.6 is 0 Å². The summed E-state index contributed by atoms with van der Waals surface area (Å²) in [6, 6.07) is 0. The molecule has 0 saturated carbocycles. The van der Waals surface area contributed by atoms with Crippen LogP contribution in [0.4, 0.5) is 13.2 Å². The maximum absolute atomic E-state index is 12.9. The van der Waals surface area contributed by atoms with Gasteiger partial charge in [-0.05, 0) is 50.2 Å². The molecule has 0 spiro atoms. The predicted molar refractivity (Wildman–Crippen MR) is 70.8 cm³/mol. The SMILES string of the molecule is CN1CCC(C)(C2(C)C=C(C(F)(F)F)C=CC2)CC1. The van der Waals surface area contributed by atoms with Crippen molar-refractivity contribution in [3.05, 3.63) is 23.8 Å². The highest BCUT2D eigenvalue weighted by Crippen LogP contribution is 2.53. The number of piperidine rings is 1. The second-order valence-electron chi connectivity index (χ2n) is 6.49. The van der Waals surface area contributed by atoms with Gasteiger partial charge in [-0.3, -0.25) is 0 Å². The fourth-order valence-electron chi connectivity index (χ4n) is 3.16. The van der Waals surface area contributed by atoms with Crippen molar-refractivity contribution >= 4 is 0 Å². The van der Waals surface area contributed by atoms with Crippen LogP contribution in [-0.2, 0) is 0 Å². The van der Waals surface area contributed by atoms with Crippen molar-refractivity contribution in [3.8, 4) is 0 Å². The Morgan fingerprint density at radius 3 is 2.26 bits per heavy atom. The number of rotatable bonds is 1. The second kappa shape index (κ2) is 4.65. The first kappa shape index (κ1) is 14.6. The summed E-state index contributed by atoms with van der Waals surface area (Å²) in [4.78, 5) is 2.25. The molecule has 1 atom stereocenters. The lowest BCUT2D eigenvalue weighted by molar-refractivity contribution is -0.0907. The molecule has 0 aromatic carbocycles. The Balaban J connectivity index is 2.28. The molecule has 1 saturated heterocycles. The average Bonchev–Trinajstić information content (AvgIpc) is 2.32. The Bertz CT molecular complexity index is 400. The summed E-state index contributed by atoms with van der Waals surface area (Å²) in [7, 11) is 2.07. The van der Waals surface area contributed by atoms with Gasteiger partial charge in [-0.25, -0.2) is 0 Å². The van der Waals surface area contributed by atoms with Gasteiger partial charge in [-0.15, -0.1) is 0 Å². The van der Waals surface area contributed by atoms with Crippen LogP contribution in [0.5, 0.6) is 0 Å². The van der Waals surface area contributed by atoms with Crippen LogP contribution in [0, 0.1) is 10.8 Å². The Hall–Kier alpha value is -0.770. The van der Waals surface area contributed by atoms with Crippen LogP contribution in [0.2, 0.25) is 0 Å². The zero-order chi connectivity index (χ0) is 14.3. The van der Waals surface area contributed by atoms with Crippen LogP contribution < -0.4 is 0 Å². The fraction of sp³-hybridized carbons (Fsp3) is 0.733. The molecule has 0 amide bonds. The Kier molecular flexibility index (Phi) is 3.58. The summed E-state index contributed by atoms with van der Waals surface area (Å²) in [5.74, 6) is 0. The number of nitrogens with zero attached hydrogens (tertiary/aromatic N) is 1. The van der Waals surface area contributed by atoms with Crippen LogP contribution in [-0.4, -0.2) is 31.2 Å². The number of hydrogen-bond donors (Lipinski definition) is 0. The molecule has 0 N–H and O–H groups in total. The number of halogens is 3. The van der Waals surface area contributed by atoms with Gasteiger partial charge < -0.3 is 4.90 Å². The molecule has 0 radical (unpaired) electrons. The van der Waals surface area contributed by atoms with E-state index >= 15 is 0 Å². The molecule has 108 valence electrons. The fourth-order valence-corrected chi connectivity index (χ4v) is 3.16. The van der Waals surface area contributed by atoms with E-state index in [2.05, 4.69) is 18.9 Å². The van der Waals surface area contributed by atoms with E-state index in [1.54, 1.807) is 6.08 Å². The molecule has 1 aliphatic carbocycles. The molecule has 4 heteroatoms. The number of allylic oxidation sites excluding steroid dienone is 4. The van der Waals surface area contributed by atoms with Gasteiger partial charge in [-0.2, -0.15) is 13.2 Å². The average molecular weight is 273 g/mol.